The van der Waals surface area contributed by atoms with Crippen molar-refractivity contribution in [3.05, 3.63) is 0 Å². The van der Waals surface area contributed by atoms with Crippen molar-refractivity contribution in [3.63, 3.8) is 0 Å². The second kappa shape index (κ2) is 2.97. The van der Waals surface area contributed by atoms with E-state index in [2.05, 4.69) is 10.6 Å². The van der Waals surface area contributed by atoms with Gasteiger partial charge in [0.2, 0.25) is 5.91 Å². The SMILES string of the molecule is Cl.O=C1COCC2(CNC2)N1. The summed E-state index contributed by atoms with van der Waals surface area (Å²) in [4.78, 5) is 10.8. The van der Waals surface area contributed by atoms with E-state index < -0.39 is 0 Å². The quantitative estimate of drug-likeness (QED) is 0.495. The van der Waals surface area contributed by atoms with Crippen LogP contribution < -0.4 is 10.6 Å². The van der Waals surface area contributed by atoms with Gasteiger partial charge in [-0.25, -0.2) is 0 Å². The molecule has 1 amide bonds. The lowest BCUT2D eigenvalue weighted by Gasteiger charge is -2.45. The first-order valence-electron chi connectivity index (χ1n) is 3.40. The lowest BCUT2D eigenvalue weighted by Crippen LogP contribution is -2.73. The smallest absolute Gasteiger partial charge is 0.246 e. The van der Waals surface area contributed by atoms with Crippen LogP contribution in [0.15, 0.2) is 0 Å². The van der Waals surface area contributed by atoms with Gasteiger partial charge in [-0.15, -0.1) is 12.4 Å². The summed E-state index contributed by atoms with van der Waals surface area (Å²) in [5.41, 5.74) is -0.0602. The van der Waals surface area contributed by atoms with E-state index in [4.69, 9.17) is 4.74 Å². The van der Waals surface area contributed by atoms with Crippen molar-refractivity contribution in [3.8, 4) is 0 Å². The molecule has 1 spiro atoms. The van der Waals surface area contributed by atoms with Gasteiger partial charge in [0.05, 0.1) is 12.1 Å². The largest absolute Gasteiger partial charge is 0.369 e. The predicted molar refractivity (Wildman–Crippen MR) is 41.8 cm³/mol. The van der Waals surface area contributed by atoms with Gasteiger partial charge in [0.25, 0.3) is 0 Å². The Bertz CT molecular complexity index is 170. The third kappa shape index (κ3) is 1.47. The molecule has 0 bridgehead atoms. The fourth-order valence-corrected chi connectivity index (χ4v) is 1.32. The maximum Gasteiger partial charge on any atom is 0.246 e. The van der Waals surface area contributed by atoms with Gasteiger partial charge in [-0.05, 0) is 0 Å². The number of amides is 1. The first-order chi connectivity index (χ1) is 4.81. The highest BCUT2D eigenvalue weighted by Gasteiger charge is 2.41. The molecule has 2 fully saturated rings. The summed E-state index contributed by atoms with van der Waals surface area (Å²) in [6, 6.07) is 0. The first kappa shape index (κ1) is 8.77. The van der Waals surface area contributed by atoms with E-state index in [1.807, 2.05) is 0 Å². The van der Waals surface area contributed by atoms with E-state index >= 15 is 0 Å². The lowest BCUT2D eigenvalue weighted by atomic mass is 9.92. The molecule has 2 heterocycles. The van der Waals surface area contributed by atoms with Crippen molar-refractivity contribution in [2.75, 3.05) is 26.3 Å². The van der Waals surface area contributed by atoms with Crippen LogP contribution in [0.5, 0.6) is 0 Å². The van der Waals surface area contributed by atoms with Gasteiger partial charge >= 0.3 is 0 Å². The van der Waals surface area contributed by atoms with Crippen LogP contribution in [0.4, 0.5) is 0 Å². The molecule has 0 aliphatic carbocycles. The van der Waals surface area contributed by atoms with Gasteiger partial charge in [-0.2, -0.15) is 0 Å². The van der Waals surface area contributed by atoms with Gasteiger partial charge < -0.3 is 15.4 Å². The lowest BCUT2D eigenvalue weighted by molar-refractivity contribution is -0.137. The Morgan fingerprint density at radius 2 is 2.18 bits per heavy atom. The second-order valence-electron chi connectivity index (χ2n) is 2.92. The molecule has 4 nitrogen and oxygen atoms in total. The molecule has 2 saturated heterocycles. The number of carbonyl (C=O) groups excluding carboxylic acids is 1. The Labute approximate surface area is 71.1 Å². The van der Waals surface area contributed by atoms with Crippen LogP contribution in [0.1, 0.15) is 0 Å². The molecule has 2 aliphatic rings. The summed E-state index contributed by atoms with van der Waals surface area (Å²) in [7, 11) is 0. The zero-order valence-electron chi connectivity index (χ0n) is 6.05. The van der Waals surface area contributed by atoms with Crippen molar-refractivity contribution < 1.29 is 9.53 Å². The Morgan fingerprint density at radius 1 is 1.45 bits per heavy atom. The van der Waals surface area contributed by atoms with E-state index in [0.29, 0.717) is 6.61 Å². The fraction of sp³-hybridized carbons (Fsp3) is 0.833. The van der Waals surface area contributed by atoms with Crippen LogP contribution >= 0.6 is 12.4 Å². The molecular formula is C6H11ClN2O2. The second-order valence-corrected chi connectivity index (χ2v) is 2.92. The summed E-state index contributed by atoms with van der Waals surface area (Å²) < 4.78 is 5.09. The monoisotopic (exact) mass is 178 g/mol. The highest BCUT2D eigenvalue weighted by atomic mass is 35.5. The van der Waals surface area contributed by atoms with Crippen LogP contribution in [-0.4, -0.2) is 37.7 Å². The standard InChI is InChI=1S/C6H10N2O2.ClH/c9-5-1-10-4-6(8-5)2-7-3-6;/h7H,1-4H2,(H,8,9);1H. The molecule has 0 radical (unpaired) electrons. The van der Waals surface area contributed by atoms with Gasteiger partial charge in [0, 0.05) is 13.1 Å². The van der Waals surface area contributed by atoms with E-state index in [-0.39, 0.29) is 30.5 Å². The highest BCUT2D eigenvalue weighted by molar-refractivity contribution is 5.85. The molecule has 0 unspecified atom stereocenters. The van der Waals surface area contributed by atoms with Gasteiger partial charge in [0.1, 0.15) is 6.61 Å². The van der Waals surface area contributed by atoms with E-state index in [0.717, 1.165) is 13.1 Å². The van der Waals surface area contributed by atoms with Gasteiger partial charge in [-0.1, -0.05) is 0 Å². The summed E-state index contributed by atoms with van der Waals surface area (Å²) in [6.07, 6.45) is 0. The zero-order valence-corrected chi connectivity index (χ0v) is 6.87. The number of rotatable bonds is 0. The number of morpholine rings is 1. The number of nitrogens with one attached hydrogen (secondary N) is 2. The van der Waals surface area contributed by atoms with Crippen molar-refractivity contribution in [2.24, 2.45) is 0 Å². The molecule has 0 atom stereocenters. The van der Waals surface area contributed by atoms with Crippen molar-refractivity contribution in [2.45, 2.75) is 5.54 Å². The zero-order chi connectivity index (χ0) is 7.03. The average molecular weight is 179 g/mol. The molecule has 0 aromatic heterocycles. The number of ether oxygens (including phenoxy) is 1. The maximum atomic E-state index is 10.8. The van der Waals surface area contributed by atoms with Crippen LogP contribution in [0.2, 0.25) is 0 Å². The molecule has 2 N–H and O–H groups in total. The molecule has 11 heavy (non-hydrogen) atoms. The summed E-state index contributed by atoms with van der Waals surface area (Å²) >= 11 is 0. The average Bonchev–Trinajstić information content (AvgIpc) is 1.85. The van der Waals surface area contributed by atoms with E-state index in [1.165, 1.54) is 0 Å². The van der Waals surface area contributed by atoms with Gasteiger partial charge in [-0.3, -0.25) is 4.79 Å². The van der Waals surface area contributed by atoms with E-state index in [9.17, 15) is 4.79 Å². The Balaban J connectivity index is 0.000000605. The minimum absolute atomic E-state index is 0. The Morgan fingerprint density at radius 3 is 2.55 bits per heavy atom. The molecule has 2 rings (SSSR count). The molecule has 2 aliphatic heterocycles. The van der Waals surface area contributed by atoms with Gasteiger partial charge in [0.15, 0.2) is 0 Å². The summed E-state index contributed by atoms with van der Waals surface area (Å²) in [6.45, 7) is 2.57. The van der Waals surface area contributed by atoms with Crippen LogP contribution in [0, 0.1) is 0 Å². The Hall–Kier alpha value is -0.320. The third-order valence-electron chi connectivity index (χ3n) is 1.94. The predicted octanol–water partition coefficient (Wildman–Crippen LogP) is -1.10. The third-order valence-corrected chi connectivity index (χ3v) is 1.94. The van der Waals surface area contributed by atoms with Crippen molar-refractivity contribution >= 4 is 18.3 Å². The normalized spacial score (nSPS) is 26.7. The highest BCUT2D eigenvalue weighted by Crippen LogP contribution is 2.13. The number of hydrogen-bond donors (Lipinski definition) is 2. The first-order valence-corrected chi connectivity index (χ1v) is 3.40. The Kier molecular flexibility index (Phi) is 2.37. The number of halogens is 1. The molecule has 64 valence electrons. The van der Waals surface area contributed by atoms with Crippen LogP contribution in [0.25, 0.3) is 0 Å². The minimum atomic E-state index is -0.0602. The molecule has 0 saturated carbocycles. The molecule has 0 aromatic rings. The van der Waals surface area contributed by atoms with Crippen molar-refractivity contribution in [1.29, 1.82) is 0 Å². The van der Waals surface area contributed by atoms with E-state index in [1.54, 1.807) is 0 Å². The molecular weight excluding hydrogens is 168 g/mol. The van der Waals surface area contributed by atoms with Crippen LogP contribution in [0.3, 0.4) is 0 Å². The topological polar surface area (TPSA) is 50.4 Å². The summed E-state index contributed by atoms with van der Waals surface area (Å²) in [5.74, 6) is 0.00718. The number of hydrogen-bond acceptors (Lipinski definition) is 3. The maximum absolute atomic E-state index is 10.8. The van der Waals surface area contributed by atoms with Crippen LogP contribution in [-0.2, 0) is 9.53 Å². The molecule has 0 aromatic carbocycles. The minimum Gasteiger partial charge on any atom is -0.369 e. The number of carbonyl (C=O) groups is 1. The summed E-state index contributed by atoms with van der Waals surface area (Å²) in [5, 5.41) is 6.00. The van der Waals surface area contributed by atoms with Crippen molar-refractivity contribution in [1.82, 2.24) is 10.6 Å². The fourth-order valence-electron chi connectivity index (χ4n) is 1.32. The molecule has 5 heteroatoms.